The fourth-order valence-corrected chi connectivity index (χ4v) is 2.66. The predicted octanol–water partition coefficient (Wildman–Crippen LogP) is 2.70. The van der Waals surface area contributed by atoms with Gasteiger partial charge in [0.15, 0.2) is 0 Å². The molecule has 104 valence electrons. The monoisotopic (exact) mass is 263 g/mol. The number of likely N-dealkylation sites (tertiary alicyclic amines) is 1. The molecule has 0 radical (unpaired) electrons. The van der Waals surface area contributed by atoms with Crippen molar-refractivity contribution in [2.75, 3.05) is 19.7 Å². The Hall–Kier alpha value is -1.55. The molecular formula is C15H21NO3. The second-order valence-electron chi connectivity index (χ2n) is 4.84. The smallest absolute Gasteiger partial charge is 0.304 e. The molecule has 1 aliphatic rings. The van der Waals surface area contributed by atoms with E-state index < -0.39 is 5.97 Å². The molecule has 4 heteroatoms. The molecule has 1 aliphatic heterocycles. The molecule has 1 fully saturated rings. The third-order valence-electron chi connectivity index (χ3n) is 3.55. The molecule has 19 heavy (non-hydrogen) atoms. The van der Waals surface area contributed by atoms with Crippen LogP contribution in [0.15, 0.2) is 24.3 Å². The van der Waals surface area contributed by atoms with Crippen LogP contribution in [0.3, 0.4) is 0 Å². The van der Waals surface area contributed by atoms with Gasteiger partial charge in [-0.25, -0.2) is 0 Å². The van der Waals surface area contributed by atoms with Gasteiger partial charge >= 0.3 is 5.97 Å². The Kier molecular flexibility index (Phi) is 4.80. The van der Waals surface area contributed by atoms with Crippen molar-refractivity contribution in [1.29, 1.82) is 0 Å². The van der Waals surface area contributed by atoms with Crippen LogP contribution >= 0.6 is 0 Å². The second kappa shape index (κ2) is 6.57. The molecule has 0 unspecified atom stereocenters. The maximum atomic E-state index is 10.7. The van der Waals surface area contributed by atoms with Crippen LogP contribution in [0.1, 0.15) is 37.8 Å². The molecule has 2 rings (SSSR count). The normalized spacial score (nSPS) is 19.5. The molecule has 1 N–H and O–H groups in total. The minimum atomic E-state index is -0.725. The number of carboxylic acid groups (broad SMARTS) is 1. The number of benzene rings is 1. The second-order valence-corrected chi connectivity index (χ2v) is 4.84. The molecule has 0 aliphatic carbocycles. The Morgan fingerprint density at radius 3 is 2.79 bits per heavy atom. The lowest BCUT2D eigenvalue weighted by Gasteiger charge is -2.24. The van der Waals surface area contributed by atoms with Crippen molar-refractivity contribution in [2.45, 2.75) is 32.2 Å². The summed E-state index contributed by atoms with van der Waals surface area (Å²) < 4.78 is 5.44. The zero-order valence-corrected chi connectivity index (χ0v) is 11.3. The van der Waals surface area contributed by atoms with Crippen LogP contribution in [0.25, 0.3) is 0 Å². The molecule has 0 spiro atoms. The lowest BCUT2D eigenvalue weighted by Crippen LogP contribution is -2.26. The van der Waals surface area contributed by atoms with Crippen molar-refractivity contribution in [1.82, 2.24) is 4.90 Å². The van der Waals surface area contributed by atoms with Gasteiger partial charge in [0, 0.05) is 12.6 Å². The number of rotatable bonds is 6. The molecule has 0 bridgehead atoms. The quantitative estimate of drug-likeness (QED) is 0.857. The van der Waals surface area contributed by atoms with Gasteiger partial charge in [-0.05, 0) is 44.0 Å². The van der Waals surface area contributed by atoms with Gasteiger partial charge in [0.2, 0.25) is 0 Å². The summed E-state index contributed by atoms with van der Waals surface area (Å²) in [5.74, 6) is 0.165. The number of hydrogen-bond donors (Lipinski definition) is 1. The van der Waals surface area contributed by atoms with E-state index in [1.54, 1.807) is 0 Å². The highest BCUT2D eigenvalue weighted by molar-refractivity contribution is 5.66. The first-order valence-electron chi connectivity index (χ1n) is 6.89. The van der Waals surface area contributed by atoms with E-state index in [0.29, 0.717) is 19.2 Å². The summed E-state index contributed by atoms with van der Waals surface area (Å²) in [5, 5.41) is 8.78. The minimum Gasteiger partial charge on any atom is -0.494 e. The van der Waals surface area contributed by atoms with Crippen LogP contribution in [0.5, 0.6) is 5.75 Å². The highest BCUT2D eigenvalue weighted by Crippen LogP contribution is 2.32. The Labute approximate surface area is 114 Å². The van der Waals surface area contributed by atoms with Gasteiger partial charge in [0.25, 0.3) is 0 Å². The standard InChI is InChI=1S/C15H21NO3/c1-2-19-13-7-5-12(6-8-13)14-4-3-10-16(14)11-9-15(17)18/h5-8,14H,2-4,9-11H2,1H3,(H,17,18)/t14-/m0/s1. The SMILES string of the molecule is CCOc1ccc([C@@H]2CCCN2CCC(=O)O)cc1. The van der Waals surface area contributed by atoms with E-state index in [9.17, 15) is 4.79 Å². The summed E-state index contributed by atoms with van der Waals surface area (Å²) in [7, 11) is 0. The van der Waals surface area contributed by atoms with Crippen molar-refractivity contribution < 1.29 is 14.6 Å². The molecule has 1 atom stereocenters. The number of hydrogen-bond acceptors (Lipinski definition) is 3. The van der Waals surface area contributed by atoms with E-state index in [1.165, 1.54) is 5.56 Å². The van der Waals surface area contributed by atoms with Gasteiger partial charge in [0.1, 0.15) is 5.75 Å². The third-order valence-corrected chi connectivity index (χ3v) is 3.55. The highest BCUT2D eigenvalue weighted by Gasteiger charge is 2.25. The van der Waals surface area contributed by atoms with Gasteiger partial charge in [-0.2, -0.15) is 0 Å². The molecular weight excluding hydrogens is 242 g/mol. The summed E-state index contributed by atoms with van der Waals surface area (Å²) in [6.45, 7) is 4.27. The van der Waals surface area contributed by atoms with Crippen molar-refractivity contribution >= 4 is 5.97 Å². The molecule has 1 aromatic rings. The van der Waals surface area contributed by atoms with E-state index in [-0.39, 0.29) is 6.42 Å². The lowest BCUT2D eigenvalue weighted by molar-refractivity contribution is -0.137. The highest BCUT2D eigenvalue weighted by atomic mass is 16.5. The maximum absolute atomic E-state index is 10.7. The fraction of sp³-hybridized carbons (Fsp3) is 0.533. The molecule has 4 nitrogen and oxygen atoms in total. The van der Waals surface area contributed by atoms with Crippen LogP contribution < -0.4 is 4.74 Å². The van der Waals surface area contributed by atoms with Gasteiger partial charge < -0.3 is 9.84 Å². The van der Waals surface area contributed by atoms with Gasteiger partial charge in [-0.3, -0.25) is 9.69 Å². The lowest BCUT2D eigenvalue weighted by atomic mass is 10.0. The van der Waals surface area contributed by atoms with Crippen LogP contribution in [0, 0.1) is 0 Å². The van der Waals surface area contributed by atoms with Crippen LogP contribution in [0.2, 0.25) is 0 Å². The van der Waals surface area contributed by atoms with E-state index in [0.717, 1.165) is 25.1 Å². The Balaban J connectivity index is 2.00. The van der Waals surface area contributed by atoms with Crippen molar-refractivity contribution in [3.8, 4) is 5.75 Å². The topological polar surface area (TPSA) is 49.8 Å². The fourth-order valence-electron chi connectivity index (χ4n) is 2.66. The molecule has 1 heterocycles. The average Bonchev–Trinajstić information content (AvgIpc) is 2.86. The maximum Gasteiger partial charge on any atom is 0.304 e. The van der Waals surface area contributed by atoms with Crippen LogP contribution in [0.4, 0.5) is 0 Å². The molecule has 0 saturated carbocycles. The number of carbonyl (C=O) groups is 1. The summed E-state index contributed by atoms with van der Waals surface area (Å²) >= 11 is 0. The summed E-state index contributed by atoms with van der Waals surface area (Å²) in [6.07, 6.45) is 2.46. The van der Waals surface area contributed by atoms with E-state index in [2.05, 4.69) is 17.0 Å². The third kappa shape index (κ3) is 3.70. The first kappa shape index (κ1) is 13.9. The molecule has 1 aromatic carbocycles. The van der Waals surface area contributed by atoms with E-state index in [4.69, 9.17) is 9.84 Å². The first-order chi connectivity index (χ1) is 9.20. The largest absolute Gasteiger partial charge is 0.494 e. The summed E-state index contributed by atoms with van der Waals surface area (Å²) in [6, 6.07) is 8.53. The van der Waals surface area contributed by atoms with Crippen molar-refractivity contribution in [2.24, 2.45) is 0 Å². The van der Waals surface area contributed by atoms with Gasteiger partial charge in [-0.1, -0.05) is 12.1 Å². The number of ether oxygens (including phenoxy) is 1. The minimum absolute atomic E-state index is 0.216. The summed E-state index contributed by atoms with van der Waals surface area (Å²) in [4.78, 5) is 12.9. The molecule has 0 aromatic heterocycles. The van der Waals surface area contributed by atoms with Gasteiger partial charge in [0.05, 0.1) is 13.0 Å². The predicted molar refractivity (Wildman–Crippen MR) is 73.4 cm³/mol. The molecule has 1 saturated heterocycles. The number of nitrogens with zero attached hydrogens (tertiary/aromatic N) is 1. The Morgan fingerprint density at radius 1 is 1.42 bits per heavy atom. The van der Waals surface area contributed by atoms with Crippen LogP contribution in [-0.2, 0) is 4.79 Å². The Bertz CT molecular complexity index is 416. The van der Waals surface area contributed by atoms with E-state index >= 15 is 0 Å². The van der Waals surface area contributed by atoms with E-state index in [1.807, 2.05) is 19.1 Å². The van der Waals surface area contributed by atoms with Crippen molar-refractivity contribution in [3.05, 3.63) is 29.8 Å². The number of aliphatic carboxylic acids is 1. The summed E-state index contributed by atoms with van der Waals surface area (Å²) in [5.41, 5.74) is 1.26. The Morgan fingerprint density at radius 2 is 2.16 bits per heavy atom. The molecule has 0 amide bonds. The van der Waals surface area contributed by atoms with Gasteiger partial charge in [-0.15, -0.1) is 0 Å². The average molecular weight is 263 g/mol. The number of carboxylic acids is 1. The zero-order valence-electron chi connectivity index (χ0n) is 11.3. The van der Waals surface area contributed by atoms with Crippen LogP contribution in [-0.4, -0.2) is 35.7 Å². The van der Waals surface area contributed by atoms with Crippen molar-refractivity contribution in [3.63, 3.8) is 0 Å². The zero-order chi connectivity index (χ0) is 13.7. The first-order valence-corrected chi connectivity index (χ1v) is 6.89.